The molecule has 0 saturated heterocycles. The maximum absolute atomic E-state index is 12.7. The van der Waals surface area contributed by atoms with Gasteiger partial charge in [-0.15, -0.1) is 0 Å². The molecule has 0 aliphatic carbocycles. The van der Waals surface area contributed by atoms with Gasteiger partial charge in [-0.05, 0) is 42.2 Å². The molecule has 1 heterocycles. The number of nitrogens with zero attached hydrogens (tertiary/aromatic N) is 1. The van der Waals surface area contributed by atoms with Crippen molar-refractivity contribution in [2.45, 2.75) is 19.0 Å². The van der Waals surface area contributed by atoms with Crippen LogP contribution < -0.4 is 10.1 Å². The number of rotatable bonds is 5. The lowest BCUT2D eigenvalue weighted by molar-refractivity contribution is -0.185. The molecule has 0 saturated carbocycles. The first-order chi connectivity index (χ1) is 12.9. The summed E-state index contributed by atoms with van der Waals surface area (Å²) in [5, 5.41) is 3.29. The number of hydrogen-bond donors (Lipinski definition) is 1. The quantitative estimate of drug-likeness (QED) is 0.808. The van der Waals surface area contributed by atoms with Crippen molar-refractivity contribution >= 4 is 11.6 Å². The maximum atomic E-state index is 12.7. The number of benzene rings is 2. The number of fused-ring (bicyclic) bond motifs is 1. The Balaban J connectivity index is 1.60. The third-order valence-electron chi connectivity index (χ3n) is 4.51. The van der Waals surface area contributed by atoms with Crippen LogP contribution in [-0.2, 0) is 17.6 Å². The largest absolute Gasteiger partial charge is 0.492 e. The van der Waals surface area contributed by atoms with Crippen LogP contribution >= 0.6 is 0 Å². The molecule has 2 aromatic rings. The predicted molar refractivity (Wildman–Crippen MR) is 96.9 cm³/mol. The van der Waals surface area contributed by atoms with Crippen molar-refractivity contribution in [3.63, 3.8) is 0 Å². The van der Waals surface area contributed by atoms with Gasteiger partial charge in [0, 0.05) is 25.3 Å². The van der Waals surface area contributed by atoms with E-state index in [-0.39, 0.29) is 13.1 Å². The third kappa shape index (κ3) is 4.93. The van der Waals surface area contributed by atoms with E-state index < -0.39 is 12.1 Å². The molecule has 1 aliphatic rings. The van der Waals surface area contributed by atoms with Gasteiger partial charge in [-0.25, -0.2) is 0 Å². The average Bonchev–Trinajstić information content (AvgIpc) is 2.88. The van der Waals surface area contributed by atoms with Gasteiger partial charge in [-0.2, -0.15) is 13.2 Å². The van der Waals surface area contributed by atoms with Crippen molar-refractivity contribution in [3.8, 4) is 5.75 Å². The number of ether oxygens (including phenoxy) is 1. The van der Waals surface area contributed by atoms with E-state index in [1.54, 1.807) is 0 Å². The van der Waals surface area contributed by atoms with E-state index in [2.05, 4.69) is 5.32 Å². The highest BCUT2D eigenvalue weighted by molar-refractivity contribution is 5.82. The lowest BCUT2D eigenvalue weighted by Crippen LogP contribution is -2.42. The highest BCUT2D eigenvalue weighted by atomic mass is 19.4. The molecule has 0 bridgehead atoms. The summed E-state index contributed by atoms with van der Waals surface area (Å²) in [6.07, 6.45) is -4.03. The first kappa shape index (κ1) is 19.1. The first-order valence-corrected chi connectivity index (χ1v) is 8.84. The maximum Gasteiger partial charge on any atom is 0.471 e. The van der Waals surface area contributed by atoms with E-state index in [1.165, 1.54) is 0 Å². The molecular formula is C20H21F3N2O2. The van der Waals surface area contributed by atoms with Gasteiger partial charge in [-0.3, -0.25) is 4.79 Å². The van der Waals surface area contributed by atoms with Crippen molar-refractivity contribution in [2.75, 3.05) is 31.6 Å². The molecule has 0 spiro atoms. The summed E-state index contributed by atoms with van der Waals surface area (Å²) in [4.78, 5) is 12.4. The second kappa shape index (κ2) is 8.33. The number of nitrogens with one attached hydrogen (secondary N) is 1. The zero-order chi connectivity index (χ0) is 19.3. The number of anilines is 1. The molecule has 7 heteroatoms. The Morgan fingerprint density at radius 3 is 2.52 bits per heavy atom. The summed E-state index contributed by atoms with van der Waals surface area (Å²) < 4.78 is 43.7. The minimum atomic E-state index is -4.83. The first-order valence-electron chi connectivity index (χ1n) is 8.84. The Morgan fingerprint density at radius 2 is 1.78 bits per heavy atom. The van der Waals surface area contributed by atoms with Crippen LogP contribution in [0, 0.1) is 0 Å². The van der Waals surface area contributed by atoms with Gasteiger partial charge in [0.05, 0.1) is 0 Å². The fraction of sp³-hybridized carbons (Fsp3) is 0.350. The second-order valence-corrected chi connectivity index (χ2v) is 6.32. The normalized spacial score (nSPS) is 14.3. The van der Waals surface area contributed by atoms with E-state index in [0.29, 0.717) is 26.0 Å². The minimum Gasteiger partial charge on any atom is -0.492 e. The highest BCUT2D eigenvalue weighted by Crippen LogP contribution is 2.26. The molecule has 4 nitrogen and oxygen atoms in total. The number of hydrogen-bond acceptors (Lipinski definition) is 3. The summed E-state index contributed by atoms with van der Waals surface area (Å²) in [5.74, 6) is -0.978. The van der Waals surface area contributed by atoms with E-state index in [1.807, 2.05) is 48.5 Å². The summed E-state index contributed by atoms with van der Waals surface area (Å²) >= 11 is 0. The molecule has 0 aromatic heterocycles. The van der Waals surface area contributed by atoms with Crippen LogP contribution in [-0.4, -0.2) is 43.2 Å². The van der Waals surface area contributed by atoms with Gasteiger partial charge in [0.2, 0.25) is 0 Å². The summed E-state index contributed by atoms with van der Waals surface area (Å²) in [7, 11) is 0. The van der Waals surface area contributed by atoms with Crippen LogP contribution in [0.3, 0.4) is 0 Å². The molecule has 0 unspecified atom stereocenters. The Hall–Kier alpha value is -2.70. The number of para-hydroxylation sites is 1. The fourth-order valence-corrected chi connectivity index (χ4v) is 3.20. The van der Waals surface area contributed by atoms with Crippen LogP contribution in [0.2, 0.25) is 0 Å². The number of halogens is 3. The van der Waals surface area contributed by atoms with E-state index >= 15 is 0 Å². The van der Waals surface area contributed by atoms with Gasteiger partial charge in [0.1, 0.15) is 12.4 Å². The Morgan fingerprint density at radius 1 is 1.04 bits per heavy atom. The monoisotopic (exact) mass is 378 g/mol. The van der Waals surface area contributed by atoms with E-state index in [4.69, 9.17) is 4.74 Å². The van der Waals surface area contributed by atoms with Crippen molar-refractivity contribution in [2.24, 2.45) is 0 Å². The Kier molecular flexibility index (Phi) is 5.88. The standard InChI is InChI=1S/C20H21F3N2O2/c21-20(22,23)19(26)25-12-9-15-5-4-8-18(17(15)10-13-25)24-11-14-27-16-6-2-1-3-7-16/h1-8,24H,9-14H2. The lowest BCUT2D eigenvalue weighted by atomic mass is 10.0. The third-order valence-corrected chi connectivity index (χ3v) is 4.51. The van der Waals surface area contributed by atoms with Crippen LogP contribution in [0.15, 0.2) is 48.5 Å². The van der Waals surface area contributed by atoms with Gasteiger partial charge >= 0.3 is 12.1 Å². The van der Waals surface area contributed by atoms with Gasteiger partial charge < -0.3 is 15.0 Å². The second-order valence-electron chi connectivity index (χ2n) is 6.32. The van der Waals surface area contributed by atoms with Crippen molar-refractivity contribution in [1.29, 1.82) is 0 Å². The molecule has 2 aromatic carbocycles. The smallest absolute Gasteiger partial charge is 0.471 e. The molecule has 0 radical (unpaired) electrons. The molecule has 0 fully saturated rings. The van der Waals surface area contributed by atoms with Crippen LogP contribution in [0.25, 0.3) is 0 Å². The van der Waals surface area contributed by atoms with Crippen molar-refractivity contribution in [1.82, 2.24) is 4.90 Å². The zero-order valence-corrected chi connectivity index (χ0v) is 14.8. The van der Waals surface area contributed by atoms with Crippen LogP contribution in [0.1, 0.15) is 11.1 Å². The Labute approximate surface area is 155 Å². The highest BCUT2D eigenvalue weighted by Gasteiger charge is 2.42. The number of carbonyl (C=O) groups excluding carboxylic acids is 1. The van der Waals surface area contributed by atoms with Crippen LogP contribution in [0.5, 0.6) is 5.75 Å². The SMILES string of the molecule is O=C(N1CCc2cccc(NCCOc3ccccc3)c2CC1)C(F)(F)F. The molecular weight excluding hydrogens is 357 g/mol. The fourth-order valence-electron chi connectivity index (χ4n) is 3.20. The van der Waals surface area contributed by atoms with Crippen molar-refractivity contribution < 1.29 is 22.7 Å². The van der Waals surface area contributed by atoms with E-state index in [9.17, 15) is 18.0 Å². The summed E-state index contributed by atoms with van der Waals surface area (Å²) in [6.45, 7) is 1.17. The molecule has 1 amide bonds. The molecule has 27 heavy (non-hydrogen) atoms. The summed E-state index contributed by atoms with van der Waals surface area (Å²) in [5.41, 5.74) is 2.82. The molecule has 3 rings (SSSR count). The Bertz CT molecular complexity index is 779. The molecule has 144 valence electrons. The number of alkyl halides is 3. The minimum absolute atomic E-state index is 0.0601. The zero-order valence-electron chi connectivity index (χ0n) is 14.8. The van der Waals surface area contributed by atoms with E-state index in [0.717, 1.165) is 27.5 Å². The molecule has 1 N–H and O–H groups in total. The van der Waals surface area contributed by atoms with Gasteiger partial charge in [-0.1, -0.05) is 30.3 Å². The molecule has 1 aliphatic heterocycles. The topological polar surface area (TPSA) is 41.6 Å². The average molecular weight is 378 g/mol. The number of amides is 1. The summed E-state index contributed by atoms with van der Waals surface area (Å²) in [6, 6.07) is 15.1. The number of carbonyl (C=O) groups is 1. The van der Waals surface area contributed by atoms with Gasteiger partial charge in [0.15, 0.2) is 0 Å². The molecule has 0 atom stereocenters. The lowest BCUT2D eigenvalue weighted by Gasteiger charge is -2.21. The predicted octanol–water partition coefficient (Wildman–Crippen LogP) is 3.67. The van der Waals surface area contributed by atoms with Crippen molar-refractivity contribution in [3.05, 3.63) is 59.7 Å². The van der Waals surface area contributed by atoms with Gasteiger partial charge in [0.25, 0.3) is 0 Å². The van der Waals surface area contributed by atoms with Crippen LogP contribution in [0.4, 0.5) is 18.9 Å².